The molecule has 2 atom stereocenters. The minimum atomic E-state index is -0.331. The van der Waals surface area contributed by atoms with Crippen molar-refractivity contribution in [1.29, 1.82) is 5.26 Å². The van der Waals surface area contributed by atoms with Crippen LogP contribution in [0.1, 0.15) is 31.7 Å². The number of aromatic amines is 1. The van der Waals surface area contributed by atoms with Crippen LogP contribution in [-0.4, -0.2) is 14.8 Å². The lowest BCUT2D eigenvalue weighted by Crippen LogP contribution is -2.23. The maximum absolute atomic E-state index is 13.1. The van der Waals surface area contributed by atoms with Crippen LogP contribution in [0.15, 0.2) is 41.3 Å². The fraction of sp³-hybridized carbons (Fsp3) is 0.316. The molecule has 0 radical (unpaired) electrons. The first-order valence-electron chi connectivity index (χ1n) is 8.69. The molecule has 26 heavy (non-hydrogen) atoms. The molecule has 7 heteroatoms. The van der Waals surface area contributed by atoms with E-state index in [-0.39, 0.29) is 23.3 Å². The van der Waals surface area contributed by atoms with Crippen molar-refractivity contribution >= 4 is 22.4 Å². The smallest absolute Gasteiger partial charge is 0.261 e. The summed E-state index contributed by atoms with van der Waals surface area (Å²) in [5, 5.41) is 17.7. The first kappa shape index (κ1) is 16.3. The highest BCUT2D eigenvalue weighted by molar-refractivity contribution is 5.91. The van der Waals surface area contributed by atoms with Gasteiger partial charge in [0.25, 0.3) is 5.56 Å². The second-order valence-electron chi connectivity index (χ2n) is 6.58. The number of anilines is 2. The van der Waals surface area contributed by atoms with E-state index in [1.54, 1.807) is 18.3 Å². The number of nitrogens with one attached hydrogen (secondary N) is 2. The second-order valence-corrected chi connectivity index (χ2v) is 6.58. The average Bonchev–Trinajstić information content (AvgIpc) is 3.03. The first-order chi connectivity index (χ1) is 12.7. The molecule has 3 aromatic rings. The fourth-order valence-corrected chi connectivity index (χ4v) is 3.66. The average molecular weight is 351 g/mol. The number of hydrogen-bond acceptors (Lipinski definition) is 4. The Kier molecular flexibility index (Phi) is 4.17. The molecule has 4 rings (SSSR count). The summed E-state index contributed by atoms with van der Waals surface area (Å²) in [6.07, 6.45) is 5.36. The number of pyridine rings is 1. The predicted molar refractivity (Wildman–Crippen MR) is 96.6 cm³/mol. The number of nitriles is 1. The van der Waals surface area contributed by atoms with Crippen LogP contribution in [0, 0.1) is 23.1 Å². The molecule has 6 nitrogen and oxygen atoms in total. The molecule has 1 aliphatic rings. The van der Waals surface area contributed by atoms with Gasteiger partial charge in [0.2, 0.25) is 0 Å². The number of fused-ring (bicyclic) bond motifs is 1. The molecule has 2 aromatic heterocycles. The van der Waals surface area contributed by atoms with E-state index in [4.69, 9.17) is 0 Å². The van der Waals surface area contributed by atoms with Crippen molar-refractivity contribution in [3.05, 3.63) is 52.7 Å². The highest BCUT2D eigenvalue weighted by Crippen LogP contribution is 2.36. The van der Waals surface area contributed by atoms with Crippen LogP contribution >= 0.6 is 0 Å². The van der Waals surface area contributed by atoms with Crippen LogP contribution < -0.4 is 10.9 Å². The van der Waals surface area contributed by atoms with Gasteiger partial charge < -0.3 is 10.3 Å². The van der Waals surface area contributed by atoms with Gasteiger partial charge in [-0.2, -0.15) is 10.4 Å². The molecule has 1 aromatic carbocycles. The summed E-state index contributed by atoms with van der Waals surface area (Å²) >= 11 is 0. The standard InChI is InChI=1S/C19H18FN5O/c20-13-5-7-14(8-6-13)23-18-17-16(9-10-22-19(17)26)25(24-18)15-4-2-1-3-12(15)11-21/h5-10,12,15H,1-4H2,(H,22,26)(H,23,24)/t12-,15-/m1/s1. The number of halogens is 1. The van der Waals surface area contributed by atoms with E-state index in [0.717, 1.165) is 25.7 Å². The van der Waals surface area contributed by atoms with Crippen molar-refractivity contribution in [3.8, 4) is 6.07 Å². The Bertz CT molecular complexity index is 1030. The van der Waals surface area contributed by atoms with Crippen LogP contribution in [0.25, 0.3) is 10.9 Å². The first-order valence-corrected chi connectivity index (χ1v) is 8.69. The van der Waals surface area contributed by atoms with E-state index in [2.05, 4.69) is 21.5 Å². The minimum absolute atomic E-state index is 0.0539. The normalized spacial score (nSPS) is 20.0. The van der Waals surface area contributed by atoms with E-state index in [9.17, 15) is 14.4 Å². The Morgan fingerprint density at radius 2 is 2.00 bits per heavy atom. The lowest BCUT2D eigenvalue weighted by atomic mass is 9.85. The summed E-state index contributed by atoms with van der Waals surface area (Å²) in [6, 6.07) is 10.0. The molecule has 1 aliphatic carbocycles. The van der Waals surface area contributed by atoms with Gasteiger partial charge in [0.05, 0.1) is 23.5 Å². The molecule has 1 saturated carbocycles. The van der Waals surface area contributed by atoms with Gasteiger partial charge in [-0.15, -0.1) is 0 Å². The third-order valence-electron chi connectivity index (χ3n) is 4.95. The molecule has 0 bridgehead atoms. The summed E-state index contributed by atoms with van der Waals surface area (Å²) in [6.45, 7) is 0. The van der Waals surface area contributed by atoms with Gasteiger partial charge in [-0.25, -0.2) is 4.39 Å². The van der Waals surface area contributed by atoms with Gasteiger partial charge >= 0.3 is 0 Å². The number of rotatable bonds is 3. The van der Waals surface area contributed by atoms with Gasteiger partial charge in [-0.1, -0.05) is 12.8 Å². The summed E-state index contributed by atoms with van der Waals surface area (Å²) < 4.78 is 14.9. The highest BCUT2D eigenvalue weighted by Gasteiger charge is 2.29. The van der Waals surface area contributed by atoms with Crippen molar-refractivity contribution in [1.82, 2.24) is 14.8 Å². The number of hydrogen-bond donors (Lipinski definition) is 2. The third kappa shape index (κ3) is 2.84. The highest BCUT2D eigenvalue weighted by atomic mass is 19.1. The van der Waals surface area contributed by atoms with Crippen LogP contribution in [0.3, 0.4) is 0 Å². The molecular weight excluding hydrogens is 333 g/mol. The molecule has 0 aliphatic heterocycles. The van der Waals surface area contributed by atoms with Gasteiger partial charge in [-0.3, -0.25) is 9.48 Å². The topological polar surface area (TPSA) is 86.5 Å². The molecule has 132 valence electrons. The lowest BCUT2D eigenvalue weighted by molar-refractivity contribution is 0.277. The number of aromatic nitrogens is 3. The monoisotopic (exact) mass is 351 g/mol. The molecular formula is C19H18FN5O. The molecule has 2 N–H and O–H groups in total. The van der Waals surface area contributed by atoms with Gasteiger partial charge in [0.1, 0.15) is 11.2 Å². The number of benzene rings is 1. The second kappa shape index (κ2) is 6.64. The maximum atomic E-state index is 13.1. The Morgan fingerprint density at radius 1 is 1.23 bits per heavy atom. The van der Waals surface area contributed by atoms with Crippen LogP contribution in [0.5, 0.6) is 0 Å². The van der Waals surface area contributed by atoms with E-state index in [1.165, 1.54) is 12.1 Å². The van der Waals surface area contributed by atoms with Crippen molar-refractivity contribution in [2.45, 2.75) is 31.7 Å². The number of H-pyrrole nitrogens is 1. The Balaban J connectivity index is 1.82. The third-order valence-corrected chi connectivity index (χ3v) is 4.95. The summed E-state index contributed by atoms with van der Waals surface area (Å²) in [5.74, 6) is -0.0385. The van der Waals surface area contributed by atoms with E-state index in [0.29, 0.717) is 22.4 Å². The molecule has 0 saturated heterocycles. The molecule has 1 fully saturated rings. The molecule has 0 spiro atoms. The quantitative estimate of drug-likeness (QED) is 0.750. The van der Waals surface area contributed by atoms with Crippen molar-refractivity contribution in [2.75, 3.05) is 5.32 Å². The largest absolute Gasteiger partial charge is 0.338 e. The Morgan fingerprint density at radius 3 is 2.77 bits per heavy atom. The van der Waals surface area contributed by atoms with Gasteiger partial charge in [0.15, 0.2) is 5.82 Å². The zero-order chi connectivity index (χ0) is 18.1. The summed E-state index contributed by atoms with van der Waals surface area (Å²) in [5.41, 5.74) is 1.09. The summed E-state index contributed by atoms with van der Waals surface area (Å²) in [4.78, 5) is 15.1. The van der Waals surface area contributed by atoms with Crippen LogP contribution in [0.2, 0.25) is 0 Å². The van der Waals surface area contributed by atoms with Crippen molar-refractivity contribution in [3.63, 3.8) is 0 Å². The van der Waals surface area contributed by atoms with Crippen molar-refractivity contribution < 1.29 is 4.39 Å². The summed E-state index contributed by atoms with van der Waals surface area (Å²) in [7, 11) is 0. The SMILES string of the molecule is N#C[C@H]1CCCC[C@H]1n1nc(Nc2ccc(F)cc2)c2c(=O)[nH]ccc21. The van der Waals surface area contributed by atoms with E-state index < -0.39 is 0 Å². The Labute approximate surface area is 149 Å². The van der Waals surface area contributed by atoms with Crippen LogP contribution in [0.4, 0.5) is 15.9 Å². The maximum Gasteiger partial charge on any atom is 0.261 e. The van der Waals surface area contributed by atoms with Crippen molar-refractivity contribution in [2.24, 2.45) is 5.92 Å². The number of nitrogens with zero attached hydrogens (tertiary/aromatic N) is 3. The minimum Gasteiger partial charge on any atom is -0.338 e. The zero-order valence-electron chi connectivity index (χ0n) is 14.1. The predicted octanol–water partition coefficient (Wildman–Crippen LogP) is 3.86. The molecule has 0 amide bonds. The molecule has 0 unspecified atom stereocenters. The van der Waals surface area contributed by atoms with E-state index in [1.807, 2.05) is 10.7 Å². The fourth-order valence-electron chi connectivity index (χ4n) is 3.66. The van der Waals surface area contributed by atoms with E-state index >= 15 is 0 Å². The lowest BCUT2D eigenvalue weighted by Gasteiger charge is -2.27. The Hall–Kier alpha value is -3.14. The van der Waals surface area contributed by atoms with Gasteiger partial charge in [-0.05, 0) is 43.2 Å². The van der Waals surface area contributed by atoms with Crippen LogP contribution in [-0.2, 0) is 0 Å². The molecule has 2 heterocycles. The zero-order valence-corrected chi connectivity index (χ0v) is 14.1. The van der Waals surface area contributed by atoms with Gasteiger partial charge in [0, 0.05) is 11.9 Å².